The Bertz CT molecular complexity index is 332. The summed E-state index contributed by atoms with van der Waals surface area (Å²) in [5, 5.41) is 19.2. The SMILES string of the molecule is NC(CNC(=O)CN(CC=O)CC(=O)O)C(=O)O. The smallest absolute Gasteiger partial charge is 0.322 e. The number of carboxylic acids is 2. The van der Waals surface area contributed by atoms with Gasteiger partial charge in [-0.2, -0.15) is 0 Å². The third kappa shape index (κ3) is 7.30. The Morgan fingerprint density at radius 1 is 1.28 bits per heavy atom. The molecule has 5 N–H and O–H groups in total. The number of carbonyl (C=O) groups excluding carboxylic acids is 2. The summed E-state index contributed by atoms with van der Waals surface area (Å²) in [4.78, 5) is 43.5. The first-order valence-corrected chi connectivity index (χ1v) is 4.99. The van der Waals surface area contributed by atoms with E-state index in [-0.39, 0.29) is 19.6 Å². The van der Waals surface area contributed by atoms with Crippen molar-refractivity contribution in [1.29, 1.82) is 0 Å². The van der Waals surface area contributed by atoms with Crippen molar-refractivity contribution in [2.45, 2.75) is 6.04 Å². The molecule has 1 atom stereocenters. The summed E-state index contributed by atoms with van der Waals surface area (Å²) in [5.74, 6) is -3.03. The van der Waals surface area contributed by atoms with Crippen molar-refractivity contribution in [2.24, 2.45) is 5.73 Å². The maximum Gasteiger partial charge on any atom is 0.322 e. The predicted molar refractivity (Wildman–Crippen MR) is 58.8 cm³/mol. The normalized spacial score (nSPS) is 11.9. The molecule has 1 amide bonds. The summed E-state index contributed by atoms with van der Waals surface area (Å²) in [6, 6.07) is -1.23. The van der Waals surface area contributed by atoms with Gasteiger partial charge in [0, 0.05) is 6.54 Å². The monoisotopic (exact) mass is 261 g/mol. The van der Waals surface area contributed by atoms with E-state index in [1.165, 1.54) is 0 Å². The van der Waals surface area contributed by atoms with Gasteiger partial charge in [0.2, 0.25) is 5.91 Å². The second-order valence-electron chi connectivity index (χ2n) is 3.48. The molecular formula is C9H15N3O6. The average Bonchev–Trinajstić information content (AvgIpc) is 2.25. The van der Waals surface area contributed by atoms with Gasteiger partial charge >= 0.3 is 11.9 Å². The van der Waals surface area contributed by atoms with Crippen molar-refractivity contribution >= 4 is 24.1 Å². The minimum Gasteiger partial charge on any atom is -0.480 e. The lowest BCUT2D eigenvalue weighted by Gasteiger charge is -2.17. The number of amides is 1. The fourth-order valence-corrected chi connectivity index (χ4v) is 1.05. The lowest BCUT2D eigenvalue weighted by molar-refractivity contribution is -0.139. The first-order chi connectivity index (χ1) is 8.36. The van der Waals surface area contributed by atoms with E-state index in [0.717, 1.165) is 4.90 Å². The fourth-order valence-electron chi connectivity index (χ4n) is 1.05. The second kappa shape index (κ2) is 8.14. The summed E-state index contributed by atoms with van der Waals surface area (Å²) < 4.78 is 0. The van der Waals surface area contributed by atoms with Crippen LogP contribution < -0.4 is 11.1 Å². The molecule has 0 heterocycles. The molecule has 0 aromatic heterocycles. The van der Waals surface area contributed by atoms with Crippen LogP contribution in [0.15, 0.2) is 0 Å². The number of hydrogen-bond donors (Lipinski definition) is 4. The number of nitrogens with one attached hydrogen (secondary N) is 1. The van der Waals surface area contributed by atoms with Gasteiger partial charge in [-0.3, -0.25) is 19.3 Å². The number of hydrogen-bond acceptors (Lipinski definition) is 6. The van der Waals surface area contributed by atoms with Crippen LogP contribution in [0.2, 0.25) is 0 Å². The molecule has 0 radical (unpaired) electrons. The summed E-state index contributed by atoms with van der Waals surface area (Å²) in [5.41, 5.74) is 5.16. The van der Waals surface area contributed by atoms with Gasteiger partial charge in [0.25, 0.3) is 0 Å². The average molecular weight is 261 g/mol. The molecule has 0 rings (SSSR count). The summed E-state index contributed by atoms with van der Waals surface area (Å²) >= 11 is 0. The first-order valence-electron chi connectivity index (χ1n) is 4.99. The highest BCUT2D eigenvalue weighted by molar-refractivity contribution is 5.81. The Morgan fingerprint density at radius 2 is 1.89 bits per heavy atom. The van der Waals surface area contributed by atoms with Crippen LogP contribution in [0.4, 0.5) is 0 Å². The van der Waals surface area contributed by atoms with Crippen molar-refractivity contribution in [2.75, 3.05) is 26.2 Å². The Kier molecular flexibility index (Phi) is 7.24. The van der Waals surface area contributed by atoms with E-state index in [4.69, 9.17) is 15.9 Å². The Morgan fingerprint density at radius 3 is 2.33 bits per heavy atom. The number of nitrogens with two attached hydrogens (primary N) is 1. The van der Waals surface area contributed by atoms with Gasteiger partial charge in [-0.15, -0.1) is 0 Å². The van der Waals surface area contributed by atoms with E-state index >= 15 is 0 Å². The van der Waals surface area contributed by atoms with Gasteiger partial charge < -0.3 is 26.1 Å². The molecule has 0 saturated heterocycles. The molecule has 0 aromatic rings. The Balaban J connectivity index is 4.12. The second-order valence-corrected chi connectivity index (χ2v) is 3.48. The molecule has 0 aliphatic carbocycles. The molecule has 9 heteroatoms. The number of aliphatic carboxylic acids is 2. The molecule has 0 bridgehead atoms. The van der Waals surface area contributed by atoms with Gasteiger partial charge in [-0.25, -0.2) is 0 Å². The Hall–Kier alpha value is -2.00. The molecule has 9 nitrogen and oxygen atoms in total. The van der Waals surface area contributed by atoms with E-state index in [1.54, 1.807) is 0 Å². The predicted octanol–water partition coefficient (Wildman–Crippen LogP) is -2.90. The number of aldehydes is 1. The molecule has 0 aromatic carbocycles. The molecular weight excluding hydrogens is 246 g/mol. The minimum atomic E-state index is -1.26. The molecule has 0 aliphatic rings. The maximum atomic E-state index is 11.3. The first kappa shape index (κ1) is 16.0. The third-order valence-corrected chi connectivity index (χ3v) is 1.90. The topological polar surface area (TPSA) is 150 Å². The lowest BCUT2D eigenvalue weighted by Crippen LogP contribution is -2.46. The molecule has 0 spiro atoms. The van der Waals surface area contributed by atoms with Crippen molar-refractivity contribution < 1.29 is 29.4 Å². The fraction of sp³-hybridized carbons (Fsp3) is 0.556. The molecule has 0 saturated carbocycles. The van der Waals surface area contributed by atoms with Gasteiger partial charge in [0.15, 0.2) is 0 Å². The van der Waals surface area contributed by atoms with Crippen LogP contribution in [0, 0.1) is 0 Å². The summed E-state index contributed by atoms with van der Waals surface area (Å²) in [6.45, 7) is -1.25. The minimum absolute atomic E-state index is 0.204. The van der Waals surface area contributed by atoms with Crippen molar-refractivity contribution in [3.63, 3.8) is 0 Å². The van der Waals surface area contributed by atoms with E-state index < -0.39 is 30.4 Å². The van der Waals surface area contributed by atoms with Crippen LogP contribution in [0.1, 0.15) is 0 Å². The molecule has 18 heavy (non-hydrogen) atoms. The number of rotatable bonds is 9. The van der Waals surface area contributed by atoms with Crippen LogP contribution in [0.3, 0.4) is 0 Å². The van der Waals surface area contributed by atoms with E-state index in [9.17, 15) is 19.2 Å². The van der Waals surface area contributed by atoms with Crippen molar-refractivity contribution in [1.82, 2.24) is 10.2 Å². The molecule has 102 valence electrons. The van der Waals surface area contributed by atoms with Crippen LogP contribution in [-0.4, -0.2) is 71.5 Å². The number of carboxylic acid groups (broad SMARTS) is 2. The number of carbonyl (C=O) groups is 4. The van der Waals surface area contributed by atoms with Gasteiger partial charge in [0.1, 0.15) is 12.3 Å². The molecule has 0 fully saturated rings. The molecule has 1 unspecified atom stereocenters. The largest absolute Gasteiger partial charge is 0.480 e. The highest BCUT2D eigenvalue weighted by atomic mass is 16.4. The number of nitrogens with zero attached hydrogens (tertiary/aromatic N) is 1. The zero-order valence-corrected chi connectivity index (χ0v) is 9.54. The summed E-state index contributed by atoms with van der Waals surface area (Å²) in [6.07, 6.45) is 0.471. The molecule has 0 aliphatic heterocycles. The van der Waals surface area contributed by atoms with E-state index in [2.05, 4.69) is 5.32 Å². The van der Waals surface area contributed by atoms with E-state index in [1.807, 2.05) is 0 Å². The zero-order chi connectivity index (χ0) is 14.1. The highest BCUT2D eigenvalue weighted by Gasteiger charge is 2.16. The lowest BCUT2D eigenvalue weighted by atomic mass is 10.3. The maximum absolute atomic E-state index is 11.3. The standard InChI is InChI=1S/C9H15N3O6/c10-6(9(17)18)3-11-7(14)4-12(1-2-13)5-8(15)16/h2,6H,1,3-5,10H2,(H,11,14)(H,15,16)(H,17,18). The van der Waals surface area contributed by atoms with Gasteiger partial charge in [-0.05, 0) is 0 Å². The van der Waals surface area contributed by atoms with Crippen LogP contribution in [0.5, 0.6) is 0 Å². The zero-order valence-electron chi connectivity index (χ0n) is 9.54. The van der Waals surface area contributed by atoms with Crippen LogP contribution >= 0.6 is 0 Å². The van der Waals surface area contributed by atoms with Gasteiger partial charge in [0.05, 0.1) is 19.6 Å². The van der Waals surface area contributed by atoms with Crippen LogP contribution in [-0.2, 0) is 19.2 Å². The van der Waals surface area contributed by atoms with Crippen molar-refractivity contribution in [3.05, 3.63) is 0 Å². The van der Waals surface area contributed by atoms with E-state index in [0.29, 0.717) is 6.29 Å². The van der Waals surface area contributed by atoms with Crippen LogP contribution in [0.25, 0.3) is 0 Å². The third-order valence-electron chi connectivity index (χ3n) is 1.90. The van der Waals surface area contributed by atoms with Gasteiger partial charge in [-0.1, -0.05) is 0 Å². The Labute approximate surface area is 103 Å². The summed E-state index contributed by atoms with van der Waals surface area (Å²) in [7, 11) is 0. The quantitative estimate of drug-likeness (QED) is 0.323. The van der Waals surface area contributed by atoms with Crippen molar-refractivity contribution in [3.8, 4) is 0 Å². The highest BCUT2D eigenvalue weighted by Crippen LogP contribution is 1.87.